The maximum Gasteiger partial charge on any atom is 0.237 e. The molecule has 4 aromatic rings. The molecule has 2 aliphatic rings. The van der Waals surface area contributed by atoms with Gasteiger partial charge < -0.3 is 24.8 Å². The van der Waals surface area contributed by atoms with Gasteiger partial charge >= 0.3 is 0 Å². The molecule has 2 N–H and O–H groups in total. The normalized spacial score (nSPS) is 14.6. The third kappa shape index (κ3) is 4.00. The number of pyridine rings is 1. The van der Waals surface area contributed by atoms with Crippen molar-refractivity contribution in [3.05, 3.63) is 77.8 Å². The smallest absolute Gasteiger partial charge is 0.237 e. The third-order valence-electron chi connectivity index (χ3n) is 6.34. The predicted octanol–water partition coefficient (Wildman–Crippen LogP) is 3.54. The van der Waals surface area contributed by atoms with Gasteiger partial charge in [0.05, 0.1) is 30.5 Å². The van der Waals surface area contributed by atoms with Crippen LogP contribution < -0.4 is 20.3 Å². The number of benzene rings is 1. The third-order valence-corrected chi connectivity index (χ3v) is 6.34. The van der Waals surface area contributed by atoms with Crippen molar-refractivity contribution < 1.29 is 4.74 Å². The lowest BCUT2D eigenvalue weighted by molar-refractivity contribution is 0.310. The monoisotopic (exact) mass is 454 g/mol. The molecular weight excluding hydrogens is 428 g/mol. The van der Waals surface area contributed by atoms with Crippen LogP contribution in [0.1, 0.15) is 22.4 Å². The molecule has 3 aromatic heterocycles. The van der Waals surface area contributed by atoms with Crippen molar-refractivity contribution in [1.82, 2.24) is 24.5 Å². The number of rotatable bonds is 5. The van der Waals surface area contributed by atoms with Gasteiger partial charge in [-0.25, -0.2) is 19.9 Å². The van der Waals surface area contributed by atoms with E-state index >= 15 is 0 Å². The number of ether oxygens (including phenoxy) is 1. The van der Waals surface area contributed by atoms with Crippen LogP contribution in [0.25, 0.3) is 0 Å². The average Bonchev–Trinajstić information content (AvgIpc) is 3.38. The number of imidazole rings is 1. The second-order valence-electron chi connectivity index (χ2n) is 8.62. The summed E-state index contributed by atoms with van der Waals surface area (Å²) >= 11 is 0. The van der Waals surface area contributed by atoms with E-state index in [9.17, 15) is 0 Å². The maximum absolute atomic E-state index is 5.68. The molecule has 9 nitrogen and oxygen atoms in total. The van der Waals surface area contributed by atoms with Gasteiger partial charge in [0.15, 0.2) is 0 Å². The van der Waals surface area contributed by atoms with Crippen molar-refractivity contribution in [3.63, 3.8) is 0 Å². The minimum Gasteiger partial charge on any atom is -0.474 e. The van der Waals surface area contributed by atoms with E-state index in [1.165, 1.54) is 11.1 Å². The van der Waals surface area contributed by atoms with Crippen molar-refractivity contribution in [2.75, 3.05) is 35.2 Å². The summed E-state index contributed by atoms with van der Waals surface area (Å²) in [5, 5.41) is 6.78. The van der Waals surface area contributed by atoms with E-state index in [1.807, 2.05) is 29.5 Å². The molecule has 0 fully saturated rings. The lowest BCUT2D eigenvalue weighted by Crippen LogP contribution is -2.32. The quantitative estimate of drug-likeness (QED) is 0.473. The molecule has 0 spiro atoms. The van der Waals surface area contributed by atoms with Crippen molar-refractivity contribution in [1.29, 1.82) is 0 Å². The molecule has 2 aliphatic heterocycles. The van der Waals surface area contributed by atoms with Gasteiger partial charge in [0.25, 0.3) is 0 Å². The Morgan fingerprint density at radius 3 is 2.91 bits per heavy atom. The van der Waals surface area contributed by atoms with E-state index in [0.29, 0.717) is 18.4 Å². The minimum absolute atomic E-state index is 0.610. The van der Waals surface area contributed by atoms with E-state index in [-0.39, 0.29) is 0 Å². The molecule has 9 heteroatoms. The maximum atomic E-state index is 5.68. The van der Waals surface area contributed by atoms with Gasteiger partial charge in [0.2, 0.25) is 11.8 Å². The standard InChI is InChI=1S/C25H26N8O/c1-17-22(13-28-24-23(17)27-8-11-34-24)33-9-6-19-12-29-25(31-21(19)15-33)30-20-4-2-18(3-5-20)14-32-10-7-26-16-32/h2-5,7,10,12-13,16,27H,6,8-9,11,14-15H2,1H3,(H,29,30,31). The van der Waals surface area contributed by atoms with Crippen molar-refractivity contribution in [3.8, 4) is 5.88 Å². The first-order valence-corrected chi connectivity index (χ1v) is 11.5. The molecule has 0 unspecified atom stereocenters. The Morgan fingerprint density at radius 1 is 1.15 bits per heavy atom. The van der Waals surface area contributed by atoms with E-state index in [0.717, 1.165) is 60.9 Å². The zero-order valence-corrected chi connectivity index (χ0v) is 19.0. The first kappa shape index (κ1) is 20.5. The fourth-order valence-corrected chi connectivity index (χ4v) is 4.51. The Balaban J connectivity index is 1.18. The highest BCUT2D eigenvalue weighted by atomic mass is 16.5. The fraction of sp³-hybridized carbons (Fsp3) is 0.280. The number of fused-ring (bicyclic) bond motifs is 2. The van der Waals surface area contributed by atoms with Crippen LogP contribution in [0.5, 0.6) is 5.88 Å². The summed E-state index contributed by atoms with van der Waals surface area (Å²) < 4.78 is 7.73. The second kappa shape index (κ2) is 8.66. The molecule has 0 bridgehead atoms. The number of nitrogens with one attached hydrogen (secondary N) is 2. The highest BCUT2D eigenvalue weighted by molar-refractivity contribution is 5.70. The number of nitrogens with zero attached hydrogens (tertiary/aromatic N) is 6. The molecule has 0 saturated heterocycles. The molecule has 0 saturated carbocycles. The van der Waals surface area contributed by atoms with Gasteiger partial charge in [-0.15, -0.1) is 0 Å². The topological polar surface area (TPSA) is 93.0 Å². The molecular formula is C25H26N8O. The summed E-state index contributed by atoms with van der Waals surface area (Å²) in [6.07, 6.45) is 10.3. The van der Waals surface area contributed by atoms with Crippen LogP contribution in [0.2, 0.25) is 0 Å². The van der Waals surface area contributed by atoms with Crippen LogP contribution in [-0.4, -0.2) is 44.2 Å². The average molecular weight is 455 g/mol. The summed E-state index contributed by atoms with van der Waals surface area (Å²) in [6.45, 7) is 5.99. The highest BCUT2D eigenvalue weighted by Crippen LogP contribution is 2.36. The largest absolute Gasteiger partial charge is 0.474 e. The first-order chi connectivity index (χ1) is 16.7. The van der Waals surface area contributed by atoms with Crippen molar-refractivity contribution in [2.45, 2.75) is 26.4 Å². The van der Waals surface area contributed by atoms with Crippen LogP contribution in [-0.2, 0) is 19.5 Å². The Labute approximate surface area is 197 Å². The van der Waals surface area contributed by atoms with E-state index in [2.05, 4.69) is 61.7 Å². The Hall–Kier alpha value is -4.14. The van der Waals surface area contributed by atoms with Crippen LogP contribution in [0.4, 0.5) is 23.0 Å². The zero-order valence-electron chi connectivity index (χ0n) is 19.0. The Kier molecular flexibility index (Phi) is 5.21. The van der Waals surface area contributed by atoms with E-state index < -0.39 is 0 Å². The lowest BCUT2D eigenvalue weighted by Gasteiger charge is -2.32. The summed E-state index contributed by atoms with van der Waals surface area (Å²) in [5.41, 5.74) is 7.68. The molecule has 34 heavy (non-hydrogen) atoms. The second-order valence-corrected chi connectivity index (χ2v) is 8.62. The Morgan fingerprint density at radius 2 is 2.06 bits per heavy atom. The van der Waals surface area contributed by atoms with Crippen LogP contribution in [0, 0.1) is 6.92 Å². The molecule has 1 aromatic carbocycles. The Bertz CT molecular complexity index is 1300. The molecule has 6 rings (SSSR count). The molecule has 0 aliphatic carbocycles. The zero-order chi connectivity index (χ0) is 22.9. The van der Waals surface area contributed by atoms with Gasteiger partial charge in [-0.3, -0.25) is 0 Å². The summed E-state index contributed by atoms with van der Waals surface area (Å²) in [7, 11) is 0. The summed E-state index contributed by atoms with van der Waals surface area (Å²) in [6, 6.07) is 8.31. The molecule has 0 amide bonds. The highest BCUT2D eigenvalue weighted by Gasteiger charge is 2.24. The van der Waals surface area contributed by atoms with E-state index in [1.54, 1.807) is 6.20 Å². The molecule has 0 radical (unpaired) electrons. The van der Waals surface area contributed by atoms with Crippen molar-refractivity contribution >= 4 is 23.0 Å². The first-order valence-electron chi connectivity index (χ1n) is 11.5. The number of hydrogen-bond donors (Lipinski definition) is 2. The molecule has 0 atom stereocenters. The van der Waals surface area contributed by atoms with Crippen LogP contribution in [0.3, 0.4) is 0 Å². The summed E-state index contributed by atoms with van der Waals surface area (Å²) in [4.78, 5) is 20.4. The SMILES string of the molecule is Cc1c(N2CCc3cnc(Nc4ccc(Cn5ccnc5)cc4)nc3C2)cnc2c1NCCO2. The van der Waals surface area contributed by atoms with Crippen LogP contribution >= 0.6 is 0 Å². The molecule has 172 valence electrons. The van der Waals surface area contributed by atoms with E-state index in [4.69, 9.17) is 9.72 Å². The van der Waals surface area contributed by atoms with Gasteiger partial charge in [-0.2, -0.15) is 0 Å². The van der Waals surface area contributed by atoms with Crippen molar-refractivity contribution in [2.24, 2.45) is 0 Å². The van der Waals surface area contributed by atoms with Gasteiger partial charge in [-0.1, -0.05) is 12.1 Å². The predicted molar refractivity (Wildman–Crippen MR) is 131 cm³/mol. The van der Waals surface area contributed by atoms with Gasteiger partial charge in [0.1, 0.15) is 12.3 Å². The van der Waals surface area contributed by atoms with Gasteiger partial charge in [-0.05, 0) is 36.6 Å². The summed E-state index contributed by atoms with van der Waals surface area (Å²) in [5.74, 6) is 1.30. The number of hydrogen-bond acceptors (Lipinski definition) is 8. The van der Waals surface area contributed by atoms with Crippen LogP contribution in [0.15, 0.2) is 55.4 Å². The number of aromatic nitrogens is 5. The molecule has 5 heterocycles. The number of anilines is 4. The fourth-order valence-electron chi connectivity index (χ4n) is 4.51. The minimum atomic E-state index is 0.610. The van der Waals surface area contributed by atoms with Gasteiger partial charge in [0, 0.05) is 49.5 Å². The lowest BCUT2D eigenvalue weighted by atomic mass is 10.0.